The SMILES string of the molecule is CCC(C(=O)O)S(=O)c1cccc(F)c1. The summed E-state index contributed by atoms with van der Waals surface area (Å²) in [4.78, 5) is 11.0. The van der Waals surface area contributed by atoms with Crippen LogP contribution in [0.3, 0.4) is 0 Å². The minimum Gasteiger partial charge on any atom is -0.480 e. The zero-order chi connectivity index (χ0) is 11.4. The fourth-order valence-corrected chi connectivity index (χ4v) is 2.43. The van der Waals surface area contributed by atoms with Gasteiger partial charge < -0.3 is 5.11 Å². The van der Waals surface area contributed by atoms with Gasteiger partial charge in [0.25, 0.3) is 0 Å². The average molecular weight is 230 g/mol. The van der Waals surface area contributed by atoms with Crippen molar-refractivity contribution in [2.75, 3.05) is 0 Å². The van der Waals surface area contributed by atoms with E-state index in [0.717, 1.165) is 6.07 Å². The highest BCUT2D eigenvalue weighted by atomic mass is 32.2. The first kappa shape index (κ1) is 11.8. The van der Waals surface area contributed by atoms with Crippen LogP contribution in [0, 0.1) is 5.82 Å². The second kappa shape index (κ2) is 5.02. The van der Waals surface area contributed by atoms with Gasteiger partial charge in [0.05, 0.1) is 10.8 Å². The molecule has 15 heavy (non-hydrogen) atoms. The van der Waals surface area contributed by atoms with Crippen molar-refractivity contribution in [2.24, 2.45) is 0 Å². The largest absolute Gasteiger partial charge is 0.480 e. The summed E-state index contributed by atoms with van der Waals surface area (Å²) in [7, 11) is -1.70. The number of hydrogen-bond donors (Lipinski definition) is 1. The molecule has 0 heterocycles. The standard InChI is InChI=1S/C10H11FO3S/c1-2-9(10(12)13)15(14)8-5-3-4-7(11)6-8/h3-6,9H,2H2,1H3,(H,12,13). The second-order valence-electron chi connectivity index (χ2n) is 2.99. The molecule has 3 nitrogen and oxygen atoms in total. The summed E-state index contributed by atoms with van der Waals surface area (Å²) in [5.74, 6) is -1.64. The van der Waals surface area contributed by atoms with E-state index < -0.39 is 27.8 Å². The molecule has 0 fully saturated rings. The lowest BCUT2D eigenvalue weighted by Gasteiger charge is -2.09. The van der Waals surface area contributed by atoms with Gasteiger partial charge in [-0.15, -0.1) is 0 Å². The lowest BCUT2D eigenvalue weighted by atomic mass is 10.3. The Balaban J connectivity index is 2.98. The highest BCUT2D eigenvalue weighted by Gasteiger charge is 2.23. The van der Waals surface area contributed by atoms with E-state index in [1.165, 1.54) is 18.2 Å². The van der Waals surface area contributed by atoms with Crippen molar-refractivity contribution < 1.29 is 18.5 Å². The summed E-state index contributed by atoms with van der Waals surface area (Å²) in [6, 6.07) is 5.20. The normalized spacial score (nSPS) is 14.5. The Morgan fingerprint density at radius 3 is 2.73 bits per heavy atom. The third-order valence-corrected chi connectivity index (χ3v) is 3.70. The van der Waals surface area contributed by atoms with Gasteiger partial charge in [0.2, 0.25) is 0 Å². The van der Waals surface area contributed by atoms with Gasteiger partial charge in [-0.1, -0.05) is 13.0 Å². The van der Waals surface area contributed by atoms with E-state index >= 15 is 0 Å². The fraction of sp³-hybridized carbons (Fsp3) is 0.300. The van der Waals surface area contributed by atoms with Crippen LogP contribution in [0.25, 0.3) is 0 Å². The molecule has 1 aromatic carbocycles. The Morgan fingerprint density at radius 2 is 2.27 bits per heavy atom. The molecule has 0 aliphatic carbocycles. The molecule has 0 saturated carbocycles. The lowest BCUT2D eigenvalue weighted by Crippen LogP contribution is -2.24. The van der Waals surface area contributed by atoms with Crippen LogP contribution >= 0.6 is 0 Å². The zero-order valence-corrected chi connectivity index (χ0v) is 8.96. The Kier molecular flexibility index (Phi) is 3.96. The average Bonchev–Trinajstić information content (AvgIpc) is 2.18. The van der Waals surface area contributed by atoms with Crippen molar-refractivity contribution in [3.63, 3.8) is 0 Å². The second-order valence-corrected chi connectivity index (χ2v) is 4.63. The predicted octanol–water partition coefficient (Wildman–Crippen LogP) is 1.80. The van der Waals surface area contributed by atoms with Gasteiger partial charge in [-0.2, -0.15) is 0 Å². The first-order valence-electron chi connectivity index (χ1n) is 4.45. The molecule has 0 spiro atoms. The van der Waals surface area contributed by atoms with E-state index in [2.05, 4.69) is 0 Å². The van der Waals surface area contributed by atoms with Crippen LogP contribution in [0.1, 0.15) is 13.3 Å². The summed E-state index contributed by atoms with van der Waals surface area (Å²) in [6.45, 7) is 1.63. The van der Waals surface area contributed by atoms with E-state index in [4.69, 9.17) is 5.11 Å². The van der Waals surface area contributed by atoms with Crippen LogP contribution in [0.15, 0.2) is 29.2 Å². The smallest absolute Gasteiger partial charge is 0.319 e. The number of carboxylic acid groups (broad SMARTS) is 1. The third-order valence-electron chi connectivity index (χ3n) is 1.93. The monoisotopic (exact) mass is 230 g/mol. The molecule has 0 aliphatic heterocycles. The van der Waals surface area contributed by atoms with Gasteiger partial charge in [-0.3, -0.25) is 9.00 Å². The minimum atomic E-state index is -1.70. The quantitative estimate of drug-likeness (QED) is 0.858. The van der Waals surface area contributed by atoms with Gasteiger partial charge in [0.15, 0.2) is 0 Å². The minimum absolute atomic E-state index is 0.212. The summed E-state index contributed by atoms with van der Waals surface area (Å²) in [5.41, 5.74) is 0. The van der Waals surface area contributed by atoms with Crippen LogP contribution in [0.4, 0.5) is 4.39 Å². The predicted molar refractivity (Wildman–Crippen MR) is 54.5 cm³/mol. The fourth-order valence-electron chi connectivity index (χ4n) is 1.17. The number of aliphatic carboxylic acids is 1. The van der Waals surface area contributed by atoms with Gasteiger partial charge >= 0.3 is 5.97 Å². The number of benzene rings is 1. The van der Waals surface area contributed by atoms with Crippen molar-refractivity contribution in [3.8, 4) is 0 Å². The molecule has 1 aromatic rings. The third kappa shape index (κ3) is 2.86. The number of hydrogen-bond acceptors (Lipinski definition) is 2. The Bertz CT molecular complexity index is 392. The van der Waals surface area contributed by atoms with Crippen molar-refractivity contribution in [3.05, 3.63) is 30.1 Å². The molecule has 2 unspecified atom stereocenters. The molecule has 0 saturated heterocycles. The van der Waals surface area contributed by atoms with E-state index in [-0.39, 0.29) is 11.3 Å². The first-order valence-corrected chi connectivity index (χ1v) is 5.66. The number of rotatable bonds is 4. The van der Waals surface area contributed by atoms with Crippen molar-refractivity contribution in [1.82, 2.24) is 0 Å². The lowest BCUT2D eigenvalue weighted by molar-refractivity contribution is -0.136. The van der Waals surface area contributed by atoms with Crippen LogP contribution in [0.2, 0.25) is 0 Å². The molecule has 5 heteroatoms. The molecule has 0 radical (unpaired) electrons. The van der Waals surface area contributed by atoms with E-state index in [9.17, 15) is 13.4 Å². The highest BCUT2D eigenvalue weighted by Crippen LogP contribution is 2.15. The molecule has 0 aromatic heterocycles. The summed E-state index contributed by atoms with van der Waals surface area (Å²) in [6.07, 6.45) is 0.248. The maximum Gasteiger partial charge on any atom is 0.319 e. The zero-order valence-electron chi connectivity index (χ0n) is 8.14. The van der Waals surface area contributed by atoms with Crippen LogP contribution in [-0.2, 0) is 15.6 Å². The highest BCUT2D eigenvalue weighted by molar-refractivity contribution is 7.86. The molecule has 0 aliphatic rings. The summed E-state index contributed by atoms with van der Waals surface area (Å²) >= 11 is 0. The molecule has 2 atom stereocenters. The van der Waals surface area contributed by atoms with Crippen LogP contribution < -0.4 is 0 Å². The molecule has 82 valence electrons. The number of carboxylic acids is 1. The van der Waals surface area contributed by atoms with Gasteiger partial charge in [0, 0.05) is 4.90 Å². The Hall–Kier alpha value is -1.23. The molecular formula is C10H11FO3S. The molecule has 1 N–H and O–H groups in total. The molecule has 1 rings (SSSR count). The van der Waals surface area contributed by atoms with Gasteiger partial charge in [-0.05, 0) is 24.6 Å². The van der Waals surface area contributed by atoms with E-state index in [1.54, 1.807) is 6.92 Å². The van der Waals surface area contributed by atoms with Crippen LogP contribution in [0.5, 0.6) is 0 Å². The van der Waals surface area contributed by atoms with Crippen molar-refractivity contribution in [2.45, 2.75) is 23.5 Å². The maximum absolute atomic E-state index is 12.8. The Morgan fingerprint density at radius 1 is 1.60 bits per heavy atom. The van der Waals surface area contributed by atoms with E-state index in [0.29, 0.717) is 0 Å². The molecule has 0 bridgehead atoms. The maximum atomic E-state index is 12.8. The molecule has 0 amide bonds. The summed E-state index contributed by atoms with van der Waals surface area (Å²) in [5, 5.41) is 7.81. The van der Waals surface area contributed by atoms with Crippen LogP contribution in [-0.4, -0.2) is 20.5 Å². The topological polar surface area (TPSA) is 54.4 Å². The first-order chi connectivity index (χ1) is 7.06. The van der Waals surface area contributed by atoms with Crippen molar-refractivity contribution >= 4 is 16.8 Å². The molecular weight excluding hydrogens is 219 g/mol. The number of halogens is 1. The summed E-state index contributed by atoms with van der Waals surface area (Å²) < 4.78 is 24.5. The number of carbonyl (C=O) groups is 1. The Labute approximate surface area is 89.4 Å². The van der Waals surface area contributed by atoms with Gasteiger partial charge in [-0.25, -0.2) is 4.39 Å². The van der Waals surface area contributed by atoms with Crippen molar-refractivity contribution in [1.29, 1.82) is 0 Å². The van der Waals surface area contributed by atoms with Gasteiger partial charge in [0.1, 0.15) is 11.1 Å². The van der Waals surface area contributed by atoms with E-state index in [1.807, 2.05) is 0 Å².